The topological polar surface area (TPSA) is 17.1 Å². The third kappa shape index (κ3) is 6.22. The van der Waals surface area contributed by atoms with Gasteiger partial charge in [-0.2, -0.15) is 0 Å². The lowest BCUT2D eigenvalue weighted by Crippen LogP contribution is -2.57. The molecule has 144 valence electrons. The highest BCUT2D eigenvalue weighted by atomic mass is 79.9. The molecule has 0 saturated heterocycles. The largest absolute Gasteiger partial charge is 0.298 e. The molecule has 0 heterocycles. The SMILES string of the molecule is CCCCCCCCCCCCCCCC[C@@]1(Br)C(=O)[C@H]2CC=C[C@H]21. The van der Waals surface area contributed by atoms with E-state index in [0.717, 1.165) is 12.8 Å². The highest BCUT2D eigenvalue weighted by Gasteiger charge is 2.59. The van der Waals surface area contributed by atoms with Crippen LogP contribution in [0, 0.1) is 11.8 Å². The van der Waals surface area contributed by atoms with Crippen LogP contribution in [0.1, 0.15) is 110 Å². The Morgan fingerprint density at radius 3 is 1.88 bits per heavy atom. The molecule has 3 atom stereocenters. The van der Waals surface area contributed by atoms with Crippen molar-refractivity contribution in [3.63, 3.8) is 0 Å². The number of Topliss-reactive ketones (excluding diaryl/α,β-unsaturated/α-hetero) is 1. The third-order valence-corrected chi connectivity index (χ3v) is 7.65. The van der Waals surface area contributed by atoms with Crippen LogP contribution in [0.5, 0.6) is 0 Å². The normalized spacial score (nSPS) is 27.5. The lowest BCUT2D eigenvalue weighted by molar-refractivity contribution is -0.136. The fourth-order valence-electron chi connectivity index (χ4n) is 4.64. The Hall–Kier alpha value is -0.110. The van der Waals surface area contributed by atoms with Gasteiger partial charge in [0, 0.05) is 11.8 Å². The Balaban J connectivity index is 1.35. The van der Waals surface area contributed by atoms with Gasteiger partial charge in [0.25, 0.3) is 0 Å². The van der Waals surface area contributed by atoms with E-state index >= 15 is 0 Å². The third-order valence-electron chi connectivity index (χ3n) is 6.34. The molecule has 0 spiro atoms. The first-order chi connectivity index (χ1) is 12.2. The van der Waals surface area contributed by atoms with Crippen LogP contribution in [0.25, 0.3) is 0 Å². The van der Waals surface area contributed by atoms with Crippen LogP contribution < -0.4 is 0 Å². The molecule has 0 N–H and O–H groups in total. The maximum absolute atomic E-state index is 12.2. The molecular formula is C23H39BrO. The average molecular weight is 411 g/mol. The molecule has 1 saturated carbocycles. The Kier molecular flexibility index (Phi) is 9.81. The smallest absolute Gasteiger partial charge is 0.154 e. The van der Waals surface area contributed by atoms with Crippen LogP contribution in [-0.4, -0.2) is 10.1 Å². The molecule has 0 amide bonds. The molecule has 1 fully saturated rings. The number of ketones is 1. The summed E-state index contributed by atoms with van der Waals surface area (Å²) in [6.45, 7) is 2.28. The van der Waals surface area contributed by atoms with Crippen LogP contribution in [0.4, 0.5) is 0 Å². The van der Waals surface area contributed by atoms with Crippen molar-refractivity contribution in [3.05, 3.63) is 12.2 Å². The van der Waals surface area contributed by atoms with Crippen LogP contribution in [0.2, 0.25) is 0 Å². The van der Waals surface area contributed by atoms with E-state index in [1.165, 1.54) is 89.9 Å². The Bertz CT molecular complexity index is 416. The minimum atomic E-state index is -0.193. The maximum Gasteiger partial charge on any atom is 0.154 e. The van der Waals surface area contributed by atoms with Crippen LogP contribution in [0.15, 0.2) is 12.2 Å². The van der Waals surface area contributed by atoms with Crippen molar-refractivity contribution in [1.82, 2.24) is 0 Å². The quantitative estimate of drug-likeness (QED) is 0.153. The number of carbonyl (C=O) groups excluding carboxylic acids is 1. The zero-order valence-corrected chi connectivity index (χ0v) is 18.0. The van der Waals surface area contributed by atoms with Gasteiger partial charge in [-0.05, 0) is 12.8 Å². The summed E-state index contributed by atoms with van der Waals surface area (Å²) in [6.07, 6.45) is 26.0. The Labute approximate surface area is 164 Å². The molecule has 0 aromatic rings. The van der Waals surface area contributed by atoms with E-state index < -0.39 is 0 Å². The summed E-state index contributed by atoms with van der Waals surface area (Å²) < 4.78 is -0.193. The summed E-state index contributed by atoms with van der Waals surface area (Å²) in [5.41, 5.74) is 0. The lowest BCUT2D eigenvalue weighted by Gasteiger charge is -2.46. The fourth-order valence-corrected chi connectivity index (χ4v) is 5.68. The van der Waals surface area contributed by atoms with Gasteiger partial charge in [-0.1, -0.05) is 125 Å². The number of rotatable bonds is 15. The zero-order chi connectivity index (χ0) is 18.0. The molecule has 0 radical (unpaired) electrons. The Morgan fingerprint density at radius 1 is 0.880 bits per heavy atom. The van der Waals surface area contributed by atoms with E-state index in [9.17, 15) is 4.79 Å². The standard InChI is InChI=1S/C23H39BrO/c1-2-3-4-5-6-7-8-9-10-11-12-13-14-15-19-23(24)21-18-16-17-20(21)22(23)25/h16,18,20-21H,2-15,17,19H2,1H3/t20-,21+,23-/m0/s1. The average Bonchev–Trinajstić information content (AvgIpc) is 3.09. The van der Waals surface area contributed by atoms with Crippen LogP contribution in [-0.2, 0) is 4.79 Å². The first-order valence-electron chi connectivity index (χ1n) is 11.1. The van der Waals surface area contributed by atoms with E-state index in [-0.39, 0.29) is 4.32 Å². The molecule has 0 unspecified atom stereocenters. The molecule has 0 aliphatic heterocycles. The molecule has 2 aliphatic carbocycles. The summed E-state index contributed by atoms with van der Waals surface area (Å²) in [7, 11) is 0. The van der Waals surface area contributed by atoms with Gasteiger partial charge in [0.15, 0.2) is 5.78 Å². The van der Waals surface area contributed by atoms with E-state index in [0.29, 0.717) is 17.6 Å². The molecule has 2 aliphatic rings. The molecule has 2 rings (SSSR count). The van der Waals surface area contributed by atoms with Gasteiger partial charge < -0.3 is 0 Å². The van der Waals surface area contributed by atoms with Crippen molar-refractivity contribution in [2.75, 3.05) is 0 Å². The monoisotopic (exact) mass is 410 g/mol. The first-order valence-corrected chi connectivity index (χ1v) is 11.9. The molecule has 0 aromatic heterocycles. The van der Waals surface area contributed by atoms with Crippen LogP contribution >= 0.6 is 15.9 Å². The van der Waals surface area contributed by atoms with E-state index in [1.54, 1.807) is 0 Å². The van der Waals surface area contributed by atoms with Crippen LogP contribution in [0.3, 0.4) is 0 Å². The number of halogens is 1. The highest BCUT2D eigenvalue weighted by molar-refractivity contribution is 9.10. The maximum atomic E-state index is 12.2. The van der Waals surface area contributed by atoms with Gasteiger partial charge in [0.2, 0.25) is 0 Å². The van der Waals surface area contributed by atoms with Gasteiger partial charge in [-0.15, -0.1) is 0 Å². The van der Waals surface area contributed by atoms with Gasteiger partial charge >= 0.3 is 0 Å². The minimum absolute atomic E-state index is 0.193. The number of carbonyl (C=O) groups is 1. The molecule has 2 heteroatoms. The molecule has 1 nitrogen and oxygen atoms in total. The second-order valence-electron chi connectivity index (χ2n) is 8.37. The number of fused-ring (bicyclic) bond motifs is 1. The second-order valence-corrected chi connectivity index (χ2v) is 9.78. The number of allylic oxidation sites excluding steroid dienone is 2. The van der Waals surface area contributed by atoms with E-state index in [4.69, 9.17) is 0 Å². The van der Waals surface area contributed by atoms with E-state index in [2.05, 4.69) is 35.0 Å². The Morgan fingerprint density at radius 2 is 1.36 bits per heavy atom. The second kappa shape index (κ2) is 11.6. The van der Waals surface area contributed by atoms with Crippen molar-refractivity contribution >= 4 is 21.7 Å². The number of hydrogen-bond donors (Lipinski definition) is 0. The molecule has 0 aromatic carbocycles. The lowest BCUT2D eigenvalue weighted by atomic mass is 9.63. The summed E-state index contributed by atoms with van der Waals surface area (Å²) in [5, 5.41) is 0. The van der Waals surface area contributed by atoms with Crippen molar-refractivity contribution in [1.29, 1.82) is 0 Å². The number of alkyl halides is 1. The first kappa shape index (κ1) is 21.2. The van der Waals surface area contributed by atoms with Gasteiger partial charge in [-0.3, -0.25) is 4.79 Å². The predicted octanol–water partition coefficient (Wildman–Crippen LogP) is 7.77. The fraction of sp³-hybridized carbons (Fsp3) is 0.870. The van der Waals surface area contributed by atoms with Crippen molar-refractivity contribution < 1.29 is 4.79 Å². The molecular weight excluding hydrogens is 372 g/mol. The number of unbranched alkanes of at least 4 members (excludes halogenated alkanes) is 13. The summed E-state index contributed by atoms with van der Waals surface area (Å²) in [6, 6.07) is 0. The highest BCUT2D eigenvalue weighted by Crippen LogP contribution is 2.54. The van der Waals surface area contributed by atoms with Gasteiger partial charge in [0.05, 0.1) is 4.32 Å². The predicted molar refractivity (Wildman–Crippen MR) is 112 cm³/mol. The molecule has 0 bridgehead atoms. The van der Waals surface area contributed by atoms with Crippen molar-refractivity contribution in [2.45, 2.75) is 114 Å². The van der Waals surface area contributed by atoms with Gasteiger partial charge in [-0.25, -0.2) is 0 Å². The summed E-state index contributed by atoms with van der Waals surface area (Å²) in [5.74, 6) is 1.27. The zero-order valence-electron chi connectivity index (χ0n) is 16.4. The minimum Gasteiger partial charge on any atom is -0.298 e. The van der Waals surface area contributed by atoms with Gasteiger partial charge in [0.1, 0.15) is 0 Å². The number of hydrogen-bond acceptors (Lipinski definition) is 1. The van der Waals surface area contributed by atoms with Crippen molar-refractivity contribution in [3.8, 4) is 0 Å². The summed E-state index contributed by atoms with van der Waals surface area (Å²) >= 11 is 3.78. The molecule has 25 heavy (non-hydrogen) atoms. The van der Waals surface area contributed by atoms with Crippen molar-refractivity contribution in [2.24, 2.45) is 11.8 Å². The van der Waals surface area contributed by atoms with E-state index in [1.807, 2.05) is 0 Å². The summed E-state index contributed by atoms with van der Waals surface area (Å²) in [4.78, 5) is 12.2.